The van der Waals surface area contributed by atoms with Gasteiger partial charge in [-0.2, -0.15) is 0 Å². The molecule has 0 fully saturated rings. The highest BCUT2D eigenvalue weighted by molar-refractivity contribution is 7.80. The Kier molecular flexibility index (Phi) is 3.91. The van der Waals surface area contributed by atoms with Gasteiger partial charge >= 0.3 is 0 Å². The SMILES string of the molecule is CN(C)c1ccc(Nc2nccnc2C(N)=S)cc1. The number of rotatable bonds is 4. The third-order valence-corrected chi connectivity index (χ3v) is 2.77. The number of hydrogen-bond donors (Lipinski definition) is 2. The number of nitrogens with one attached hydrogen (secondary N) is 1. The van der Waals surface area contributed by atoms with E-state index in [1.54, 1.807) is 12.4 Å². The van der Waals surface area contributed by atoms with Gasteiger partial charge in [0.2, 0.25) is 0 Å². The molecule has 0 unspecified atom stereocenters. The van der Waals surface area contributed by atoms with E-state index in [0.29, 0.717) is 11.5 Å². The fourth-order valence-corrected chi connectivity index (χ4v) is 1.74. The van der Waals surface area contributed by atoms with E-state index >= 15 is 0 Å². The standard InChI is InChI=1S/C13H15N5S/c1-18(2)10-5-3-9(4-6-10)17-13-11(12(14)19)15-7-8-16-13/h3-8H,1-2H3,(H2,14,19)(H,16,17). The Labute approximate surface area is 117 Å². The molecule has 0 amide bonds. The number of nitrogens with two attached hydrogens (primary N) is 1. The lowest BCUT2D eigenvalue weighted by Crippen LogP contribution is -2.15. The highest BCUT2D eigenvalue weighted by Gasteiger charge is 2.07. The molecule has 1 aromatic heterocycles. The van der Waals surface area contributed by atoms with Gasteiger partial charge in [-0.3, -0.25) is 0 Å². The molecule has 0 saturated heterocycles. The first-order valence-corrected chi connectivity index (χ1v) is 6.14. The summed E-state index contributed by atoms with van der Waals surface area (Å²) < 4.78 is 0. The molecule has 19 heavy (non-hydrogen) atoms. The average Bonchev–Trinajstić information content (AvgIpc) is 2.39. The Bertz CT molecular complexity index is 580. The van der Waals surface area contributed by atoms with Crippen molar-refractivity contribution in [1.82, 2.24) is 9.97 Å². The second kappa shape index (κ2) is 5.62. The molecular formula is C13H15N5S. The van der Waals surface area contributed by atoms with Crippen molar-refractivity contribution in [3.05, 3.63) is 42.4 Å². The molecule has 0 atom stereocenters. The summed E-state index contributed by atoms with van der Waals surface area (Å²) in [6.07, 6.45) is 3.16. The first-order valence-electron chi connectivity index (χ1n) is 5.73. The van der Waals surface area contributed by atoms with E-state index in [1.165, 1.54) is 0 Å². The Morgan fingerprint density at radius 2 is 1.79 bits per heavy atom. The van der Waals surface area contributed by atoms with E-state index in [0.717, 1.165) is 11.4 Å². The first-order chi connectivity index (χ1) is 9.08. The van der Waals surface area contributed by atoms with Crippen molar-refractivity contribution in [3.63, 3.8) is 0 Å². The van der Waals surface area contributed by atoms with Crippen molar-refractivity contribution in [2.75, 3.05) is 24.3 Å². The van der Waals surface area contributed by atoms with Gasteiger partial charge in [0.1, 0.15) is 10.7 Å². The maximum Gasteiger partial charge on any atom is 0.159 e. The molecule has 6 heteroatoms. The van der Waals surface area contributed by atoms with Crippen LogP contribution in [0.25, 0.3) is 0 Å². The molecule has 1 aromatic carbocycles. The molecule has 2 aromatic rings. The van der Waals surface area contributed by atoms with Gasteiger partial charge in [-0.25, -0.2) is 9.97 Å². The quantitative estimate of drug-likeness (QED) is 0.830. The molecule has 3 N–H and O–H groups in total. The third kappa shape index (κ3) is 3.17. The predicted octanol–water partition coefficient (Wildman–Crippen LogP) is 1.92. The Morgan fingerprint density at radius 1 is 1.16 bits per heavy atom. The number of benzene rings is 1. The fourth-order valence-electron chi connectivity index (χ4n) is 1.59. The lowest BCUT2D eigenvalue weighted by atomic mass is 10.2. The van der Waals surface area contributed by atoms with E-state index in [9.17, 15) is 0 Å². The van der Waals surface area contributed by atoms with Crippen molar-refractivity contribution in [2.45, 2.75) is 0 Å². The van der Waals surface area contributed by atoms with Crippen LogP contribution >= 0.6 is 12.2 Å². The number of hydrogen-bond acceptors (Lipinski definition) is 5. The molecule has 2 rings (SSSR count). The van der Waals surface area contributed by atoms with Gasteiger partial charge in [0.25, 0.3) is 0 Å². The van der Waals surface area contributed by atoms with Crippen molar-refractivity contribution < 1.29 is 0 Å². The van der Waals surface area contributed by atoms with Gasteiger partial charge in [-0.1, -0.05) is 12.2 Å². The lowest BCUT2D eigenvalue weighted by Gasteiger charge is -2.13. The smallest absolute Gasteiger partial charge is 0.159 e. The van der Waals surface area contributed by atoms with Crippen LogP contribution in [0.5, 0.6) is 0 Å². The Balaban J connectivity index is 2.24. The van der Waals surface area contributed by atoms with Crippen molar-refractivity contribution in [2.24, 2.45) is 5.73 Å². The van der Waals surface area contributed by atoms with Gasteiger partial charge in [0.15, 0.2) is 5.82 Å². The summed E-state index contributed by atoms with van der Waals surface area (Å²) in [6.45, 7) is 0. The van der Waals surface area contributed by atoms with Gasteiger partial charge in [-0.05, 0) is 24.3 Å². The molecule has 0 aliphatic heterocycles. The molecule has 0 radical (unpaired) electrons. The van der Waals surface area contributed by atoms with Crippen LogP contribution in [-0.4, -0.2) is 29.1 Å². The summed E-state index contributed by atoms with van der Waals surface area (Å²) in [6, 6.07) is 7.96. The van der Waals surface area contributed by atoms with E-state index in [1.807, 2.05) is 43.3 Å². The average molecular weight is 273 g/mol. The van der Waals surface area contributed by atoms with Gasteiger partial charge in [0, 0.05) is 37.9 Å². The number of thiocarbonyl (C=S) groups is 1. The van der Waals surface area contributed by atoms with E-state index < -0.39 is 0 Å². The maximum absolute atomic E-state index is 5.61. The minimum atomic E-state index is 0.223. The molecule has 98 valence electrons. The van der Waals surface area contributed by atoms with Crippen LogP contribution in [0.4, 0.5) is 17.2 Å². The minimum absolute atomic E-state index is 0.223. The number of aromatic nitrogens is 2. The molecule has 0 saturated carbocycles. The minimum Gasteiger partial charge on any atom is -0.388 e. The van der Waals surface area contributed by atoms with Crippen LogP contribution in [0, 0.1) is 0 Å². The summed E-state index contributed by atoms with van der Waals surface area (Å²) >= 11 is 4.95. The lowest BCUT2D eigenvalue weighted by molar-refractivity contribution is 1.13. The fraction of sp³-hybridized carbons (Fsp3) is 0.154. The summed E-state index contributed by atoms with van der Waals surface area (Å²) in [4.78, 5) is 10.6. The zero-order valence-corrected chi connectivity index (χ0v) is 11.6. The van der Waals surface area contributed by atoms with Crippen LogP contribution in [0.2, 0.25) is 0 Å². The van der Waals surface area contributed by atoms with Crippen LogP contribution in [0.15, 0.2) is 36.7 Å². The zero-order valence-electron chi connectivity index (χ0n) is 10.8. The van der Waals surface area contributed by atoms with E-state index in [4.69, 9.17) is 18.0 Å². The molecule has 1 heterocycles. The second-order valence-electron chi connectivity index (χ2n) is 4.18. The van der Waals surface area contributed by atoms with Crippen LogP contribution < -0.4 is 16.0 Å². The maximum atomic E-state index is 5.61. The Hall–Kier alpha value is -2.21. The van der Waals surface area contributed by atoms with Crippen LogP contribution in [0.1, 0.15) is 5.69 Å². The highest BCUT2D eigenvalue weighted by Crippen LogP contribution is 2.20. The molecule has 0 aliphatic carbocycles. The Morgan fingerprint density at radius 3 is 2.37 bits per heavy atom. The third-order valence-electron chi connectivity index (χ3n) is 2.58. The number of nitrogens with zero attached hydrogens (tertiary/aromatic N) is 3. The molecule has 0 bridgehead atoms. The molecule has 0 spiro atoms. The summed E-state index contributed by atoms with van der Waals surface area (Å²) in [5.74, 6) is 0.563. The van der Waals surface area contributed by atoms with Gasteiger partial charge < -0.3 is 16.0 Å². The zero-order chi connectivity index (χ0) is 13.8. The van der Waals surface area contributed by atoms with Crippen molar-refractivity contribution in [3.8, 4) is 0 Å². The monoisotopic (exact) mass is 273 g/mol. The van der Waals surface area contributed by atoms with E-state index in [2.05, 4.69) is 15.3 Å². The normalized spacial score (nSPS) is 10.0. The first kappa shape index (κ1) is 13.2. The van der Waals surface area contributed by atoms with Crippen LogP contribution in [0.3, 0.4) is 0 Å². The van der Waals surface area contributed by atoms with Gasteiger partial charge in [0.05, 0.1) is 0 Å². The van der Waals surface area contributed by atoms with E-state index in [-0.39, 0.29) is 4.99 Å². The van der Waals surface area contributed by atoms with Gasteiger partial charge in [-0.15, -0.1) is 0 Å². The molecule has 0 aliphatic rings. The second-order valence-corrected chi connectivity index (χ2v) is 4.62. The largest absolute Gasteiger partial charge is 0.388 e. The summed E-state index contributed by atoms with van der Waals surface area (Å²) in [5, 5.41) is 3.16. The highest BCUT2D eigenvalue weighted by atomic mass is 32.1. The van der Waals surface area contributed by atoms with Crippen molar-refractivity contribution in [1.29, 1.82) is 0 Å². The van der Waals surface area contributed by atoms with Crippen LogP contribution in [-0.2, 0) is 0 Å². The van der Waals surface area contributed by atoms with Crippen molar-refractivity contribution >= 4 is 34.4 Å². The molecule has 5 nitrogen and oxygen atoms in total. The topological polar surface area (TPSA) is 67.1 Å². The predicted molar refractivity (Wildman–Crippen MR) is 82.0 cm³/mol. The number of anilines is 3. The molecular weight excluding hydrogens is 258 g/mol. The summed E-state index contributed by atoms with van der Waals surface area (Å²) in [7, 11) is 3.99. The summed E-state index contributed by atoms with van der Waals surface area (Å²) in [5.41, 5.74) is 8.14.